The Morgan fingerprint density at radius 1 is 1.15 bits per heavy atom. The van der Waals surface area contributed by atoms with Gasteiger partial charge in [-0.05, 0) is 62.9 Å². The second-order valence-corrected chi connectivity index (χ2v) is 8.14. The zero-order valence-electron chi connectivity index (χ0n) is 16.0. The lowest BCUT2D eigenvalue weighted by molar-refractivity contribution is 0.0172. The maximum atomic E-state index is 13.0. The number of amides is 1. The molecule has 1 aliphatic heterocycles. The van der Waals surface area contributed by atoms with E-state index in [0.29, 0.717) is 13.1 Å². The minimum atomic E-state index is -0.524. The lowest BCUT2D eigenvalue weighted by Crippen LogP contribution is -2.44. The second kappa shape index (κ2) is 7.10. The third-order valence-electron chi connectivity index (χ3n) is 4.83. The van der Waals surface area contributed by atoms with Crippen molar-refractivity contribution in [1.82, 2.24) is 4.90 Å². The summed E-state index contributed by atoms with van der Waals surface area (Å²) in [5, 5.41) is 2.25. The number of nitrogens with zero attached hydrogens (tertiary/aromatic N) is 1. The summed E-state index contributed by atoms with van der Waals surface area (Å²) in [6.45, 7) is 8.70. The van der Waals surface area contributed by atoms with Crippen molar-refractivity contribution in [2.75, 3.05) is 13.1 Å². The number of benzene rings is 2. The monoisotopic (exact) mass is 353 g/mol. The molecule has 4 heteroatoms. The van der Waals surface area contributed by atoms with Crippen LogP contribution in [0.15, 0.2) is 36.4 Å². The molecule has 0 aliphatic carbocycles. The summed E-state index contributed by atoms with van der Waals surface area (Å²) < 4.78 is 5.46. The molecule has 0 radical (unpaired) electrons. The normalized spacial score (nSPS) is 18.0. The van der Waals surface area contributed by atoms with Crippen LogP contribution in [0.2, 0.25) is 0 Å². The van der Waals surface area contributed by atoms with Crippen molar-refractivity contribution >= 4 is 22.6 Å². The molecule has 0 saturated carbocycles. The highest BCUT2D eigenvalue weighted by Gasteiger charge is 2.31. The Kier molecular flexibility index (Phi) is 5.03. The van der Waals surface area contributed by atoms with Crippen molar-refractivity contribution in [3.8, 4) is 0 Å². The van der Waals surface area contributed by atoms with Gasteiger partial charge in [-0.2, -0.15) is 0 Å². The summed E-state index contributed by atoms with van der Waals surface area (Å²) in [6, 6.07) is 12.0. The van der Waals surface area contributed by atoms with E-state index in [9.17, 15) is 9.59 Å². The number of aryl methyl sites for hydroxylation is 1. The Bertz CT molecular complexity index is 835. The van der Waals surface area contributed by atoms with Crippen LogP contribution in [-0.2, 0) is 4.74 Å². The molecule has 0 spiro atoms. The van der Waals surface area contributed by atoms with Crippen LogP contribution in [-0.4, -0.2) is 35.5 Å². The highest BCUT2D eigenvalue weighted by atomic mass is 16.6. The highest BCUT2D eigenvalue weighted by Crippen LogP contribution is 2.26. The van der Waals surface area contributed by atoms with Gasteiger partial charge < -0.3 is 9.64 Å². The highest BCUT2D eigenvalue weighted by molar-refractivity contribution is 6.02. The lowest BCUT2D eigenvalue weighted by Gasteiger charge is -2.33. The standard InChI is InChI=1S/C22H27NO3/c1-15-7-5-8-16-10-11-17(13-19(15)16)20(24)18-9-6-12-23(14-18)21(25)26-22(2,3)4/h5,7-8,10-11,13,18H,6,9,12,14H2,1-4H3. The summed E-state index contributed by atoms with van der Waals surface area (Å²) in [5.41, 5.74) is 1.36. The number of hydrogen-bond donors (Lipinski definition) is 0. The Morgan fingerprint density at radius 3 is 2.65 bits per heavy atom. The molecule has 1 amide bonds. The first-order valence-corrected chi connectivity index (χ1v) is 9.26. The third-order valence-corrected chi connectivity index (χ3v) is 4.83. The van der Waals surface area contributed by atoms with Gasteiger partial charge in [-0.25, -0.2) is 4.79 Å². The molecule has 1 saturated heterocycles. The van der Waals surface area contributed by atoms with Crippen LogP contribution in [0.3, 0.4) is 0 Å². The molecule has 2 aromatic rings. The Labute approximate surface area is 155 Å². The quantitative estimate of drug-likeness (QED) is 0.716. The average Bonchev–Trinajstić information content (AvgIpc) is 2.60. The van der Waals surface area contributed by atoms with Crippen LogP contribution in [0.25, 0.3) is 10.8 Å². The fourth-order valence-electron chi connectivity index (χ4n) is 3.50. The molecule has 2 aromatic carbocycles. The Hall–Kier alpha value is -2.36. The first-order chi connectivity index (χ1) is 12.2. The maximum Gasteiger partial charge on any atom is 0.410 e. The molecule has 0 aromatic heterocycles. The SMILES string of the molecule is Cc1cccc2ccc(C(=O)C3CCCN(C(=O)OC(C)(C)C)C3)cc12. The van der Waals surface area contributed by atoms with E-state index in [1.165, 1.54) is 0 Å². The number of carbonyl (C=O) groups excluding carboxylic acids is 2. The average molecular weight is 353 g/mol. The molecule has 0 N–H and O–H groups in total. The molecule has 1 heterocycles. The zero-order valence-corrected chi connectivity index (χ0v) is 16.0. The zero-order chi connectivity index (χ0) is 18.9. The predicted molar refractivity (Wildman–Crippen MR) is 104 cm³/mol. The van der Waals surface area contributed by atoms with Gasteiger partial charge in [-0.15, -0.1) is 0 Å². The number of piperidine rings is 1. The van der Waals surface area contributed by atoms with Crippen LogP contribution in [0.5, 0.6) is 0 Å². The van der Waals surface area contributed by atoms with E-state index >= 15 is 0 Å². The fourth-order valence-corrected chi connectivity index (χ4v) is 3.50. The van der Waals surface area contributed by atoms with Crippen molar-refractivity contribution in [2.24, 2.45) is 5.92 Å². The number of likely N-dealkylation sites (tertiary alicyclic amines) is 1. The minimum Gasteiger partial charge on any atom is -0.444 e. The van der Waals surface area contributed by atoms with E-state index in [2.05, 4.69) is 19.1 Å². The van der Waals surface area contributed by atoms with Crippen molar-refractivity contribution < 1.29 is 14.3 Å². The number of carbonyl (C=O) groups is 2. The Morgan fingerprint density at radius 2 is 1.92 bits per heavy atom. The summed E-state index contributed by atoms with van der Waals surface area (Å²) in [6.07, 6.45) is 1.30. The van der Waals surface area contributed by atoms with Crippen LogP contribution in [0, 0.1) is 12.8 Å². The van der Waals surface area contributed by atoms with Crippen LogP contribution >= 0.6 is 0 Å². The van der Waals surface area contributed by atoms with Gasteiger partial charge in [-0.1, -0.05) is 30.3 Å². The smallest absolute Gasteiger partial charge is 0.410 e. The van der Waals surface area contributed by atoms with Gasteiger partial charge in [0.25, 0.3) is 0 Å². The minimum absolute atomic E-state index is 0.114. The van der Waals surface area contributed by atoms with E-state index in [4.69, 9.17) is 4.74 Å². The largest absolute Gasteiger partial charge is 0.444 e. The van der Waals surface area contributed by atoms with E-state index in [1.807, 2.05) is 45.0 Å². The molecular formula is C22H27NO3. The van der Waals surface area contributed by atoms with Gasteiger partial charge in [0.05, 0.1) is 0 Å². The van der Waals surface area contributed by atoms with Crippen molar-refractivity contribution in [3.05, 3.63) is 47.5 Å². The van der Waals surface area contributed by atoms with Crippen molar-refractivity contribution in [2.45, 2.75) is 46.1 Å². The van der Waals surface area contributed by atoms with E-state index < -0.39 is 5.60 Å². The third kappa shape index (κ3) is 4.06. The van der Waals surface area contributed by atoms with Crippen molar-refractivity contribution in [1.29, 1.82) is 0 Å². The fraction of sp³-hybridized carbons (Fsp3) is 0.455. The van der Waals surface area contributed by atoms with E-state index in [0.717, 1.165) is 34.7 Å². The molecule has 0 bridgehead atoms. The lowest BCUT2D eigenvalue weighted by atomic mass is 9.89. The van der Waals surface area contributed by atoms with Gasteiger partial charge in [0.1, 0.15) is 5.60 Å². The van der Waals surface area contributed by atoms with E-state index in [-0.39, 0.29) is 17.8 Å². The molecule has 1 aliphatic rings. The topological polar surface area (TPSA) is 46.6 Å². The number of ketones is 1. The van der Waals surface area contributed by atoms with Crippen LogP contribution in [0.1, 0.15) is 49.5 Å². The number of Topliss-reactive ketones (excluding diaryl/α,β-unsaturated/α-hetero) is 1. The number of rotatable bonds is 2. The first-order valence-electron chi connectivity index (χ1n) is 9.26. The van der Waals surface area contributed by atoms with E-state index in [1.54, 1.807) is 4.90 Å². The van der Waals surface area contributed by atoms with Gasteiger partial charge in [0.15, 0.2) is 5.78 Å². The maximum absolute atomic E-state index is 13.0. The molecule has 1 atom stereocenters. The van der Waals surface area contributed by atoms with Gasteiger partial charge in [0.2, 0.25) is 0 Å². The first kappa shape index (κ1) is 18.4. The van der Waals surface area contributed by atoms with Gasteiger partial charge in [-0.3, -0.25) is 4.79 Å². The molecule has 138 valence electrons. The Balaban J connectivity index is 1.77. The summed E-state index contributed by atoms with van der Waals surface area (Å²) in [7, 11) is 0. The molecule has 1 fully saturated rings. The van der Waals surface area contributed by atoms with Crippen LogP contribution < -0.4 is 0 Å². The van der Waals surface area contributed by atoms with Gasteiger partial charge in [0, 0.05) is 24.6 Å². The van der Waals surface area contributed by atoms with Crippen molar-refractivity contribution in [3.63, 3.8) is 0 Å². The number of hydrogen-bond acceptors (Lipinski definition) is 3. The van der Waals surface area contributed by atoms with Crippen LogP contribution in [0.4, 0.5) is 4.79 Å². The molecule has 3 rings (SSSR count). The summed E-state index contributed by atoms with van der Waals surface area (Å²) >= 11 is 0. The summed E-state index contributed by atoms with van der Waals surface area (Å²) in [5.74, 6) is -0.0545. The molecule has 1 unspecified atom stereocenters. The molecular weight excluding hydrogens is 326 g/mol. The predicted octanol–water partition coefficient (Wildman–Crippen LogP) is 4.98. The van der Waals surface area contributed by atoms with Gasteiger partial charge >= 0.3 is 6.09 Å². The summed E-state index contributed by atoms with van der Waals surface area (Å²) in [4.78, 5) is 27.0. The number of fused-ring (bicyclic) bond motifs is 1. The molecule has 4 nitrogen and oxygen atoms in total. The number of ether oxygens (including phenoxy) is 1. The second-order valence-electron chi connectivity index (χ2n) is 8.14. The molecule has 26 heavy (non-hydrogen) atoms.